The van der Waals surface area contributed by atoms with Gasteiger partial charge in [-0.25, -0.2) is 9.59 Å². The van der Waals surface area contributed by atoms with Gasteiger partial charge in [-0.3, -0.25) is 0 Å². The van der Waals surface area contributed by atoms with Gasteiger partial charge in [-0.05, 0) is 98.6 Å². The number of ether oxygens (including phenoxy) is 13. The summed E-state index contributed by atoms with van der Waals surface area (Å²) in [6.45, 7) is 4.46. The van der Waals surface area contributed by atoms with Gasteiger partial charge >= 0.3 is 11.9 Å². The molecule has 0 spiro atoms. The molecule has 13 rings (SSSR count). The van der Waals surface area contributed by atoms with Crippen molar-refractivity contribution in [1.82, 2.24) is 0 Å². The Morgan fingerprint density at radius 3 is 0.886 bits per heavy atom. The van der Waals surface area contributed by atoms with Crippen LogP contribution in [0.5, 0.6) is 11.5 Å². The molecule has 11 aromatic rings. The first-order valence-electron chi connectivity index (χ1n) is 35.4. The van der Waals surface area contributed by atoms with Crippen LogP contribution in [0.15, 0.2) is 334 Å². The molecule has 0 saturated carbocycles. The first kappa shape index (κ1) is 72.7. The van der Waals surface area contributed by atoms with Crippen molar-refractivity contribution in [1.29, 1.82) is 0 Å². The lowest BCUT2D eigenvalue weighted by Crippen LogP contribution is -2.63. The first-order chi connectivity index (χ1) is 51.8. The van der Waals surface area contributed by atoms with Gasteiger partial charge in [-0.15, -0.1) is 0 Å². The van der Waals surface area contributed by atoms with Crippen molar-refractivity contribution in [2.75, 3.05) is 19.8 Å². The molecule has 0 bridgehead atoms. The molecule has 2 fully saturated rings. The molecule has 11 aromatic carbocycles. The van der Waals surface area contributed by atoms with Crippen LogP contribution in [0.1, 0.15) is 70.8 Å². The van der Waals surface area contributed by atoms with Crippen LogP contribution in [0.4, 0.5) is 0 Å². The van der Waals surface area contributed by atoms with Gasteiger partial charge in [0.15, 0.2) is 0 Å². The van der Waals surface area contributed by atoms with Gasteiger partial charge < -0.3 is 61.6 Å². The third kappa shape index (κ3) is 19.4. The molecule has 0 radical (unpaired) electrons. The molecule has 105 heavy (non-hydrogen) atoms. The Labute approximate surface area is 613 Å². The van der Waals surface area contributed by atoms with Gasteiger partial charge in [-0.2, -0.15) is 0 Å². The molecule has 2 saturated heterocycles. The van der Waals surface area contributed by atoms with E-state index in [1.165, 1.54) is 6.08 Å². The van der Waals surface area contributed by atoms with E-state index in [4.69, 9.17) is 61.6 Å². The standard InChI is InChI=1S/C90H84O15/c1-2-56-93-86(91)71-48-52-76(53-49-71)102-88-84(98-61-69-38-20-7-21-39-69)82(96-59-67-34-16-5-17-35-67)80(94-57-65-30-12-3-13-31-65)78(104-88)63-100-87(92)72-50-54-77(55-51-72)103-89-85(99-62-70-40-22-8-23-41-70)83(97-60-68-36-18-6-19-37-68)81(95-58-66-32-14-4-15-33-66)79(105-89)64-101-90(73-42-24-9-25-43-73,74-44-26-10-27-45-74)75-46-28-11-29-47-75/h2-55,78-85,88-89H,1,56-64H2/t78-,79-,80-,81-,82+,83+,84-,85-,88-,89-/m1/s1. The van der Waals surface area contributed by atoms with Gasteiger partial charge in [0.25, 0.3) is 0 Å². The Bertz CT molecular complexity index is 4280. The van der Waals surface area contributed by atoms with Crippen LogP contribution >= 0.6 is 0 Å². The topological polar surface area (TPSA) is 154 Å². The average molecular weight is 1410 g/mol. The highest BCUT2D eigenvalue weighted by atomic mass is 16.7. The summed E-state index contributed by atoms with van der Waals surface area (Å²) in [5.41, 5.74) is 7.62. The van der Waals surface area contributed by atoms with Gasteiger partial charge in [0.05, 0.1) is 57.4 Å². The zero-order valence-electron chi connectivity index (χ0n) is 58.1. The second-order valence-corrected chi connectivity index (χ2v) is 25.5. The van der Waals surface area contributed by atoms with Crippen LogP contribution < -0.4 is 9.47 Å². The lowest BCUT2D eigenvalue weighted by Gasteiger charge is -2.47. The predicted octanol–water partition coefficient (Wildman–Crippen LogP) is 16.6. The minimum absolute atomic E-state index is 0.0157. The van der Waals surface area contributed by atoms with E-state index in [9.17, 15) is 9.59 Å². The molecule has 0 aliphatic carbocycles. The molecule has 15 heteroatoms. The van der Waals surface area contributed by atoms with Crippen molar-refractivity contribution in [2.24, 2.45) is 0 Å². The van der Waals surface area contributed by atoms with E-state index in [-0.39, 0.29) is 65.0 Å². The predicted molar refractivity (Wildman–Crippen MR) is 397 cm³/mol. The maximum absolute atomic E-state index is 14.7. The Kier molecular flexibility index (Phi) is 25.7. The van der Waals surface area contributed by atoms with E-state index in [1.54, 1.807) is 48.5 Å². The van der Waals surface area contributed by atoms with Gasteiger partial charge in [0, 0.05) is 0 Å². The van der Waals surface area contributed by atoms with Crippen LogP contribution in [0, 0.1) is 0 Å². The maximum Gasteiger partial charge on any atom is 0.338 e. The molecule has 0 N–H and O–H groups in total. The zero-order chi connectivity index (χ0) is 71.7. The summed E-state index contributed by atoms with van der Waals surface area (Å²) in [5, 5.41) is 0. The molecule has 0 unspecified atom stereocenters. The lowest BCUT2D eigenvalue weighted by molar-refractivity contribution is -0.312. The quantitative estimate of drug-likeness (QED) is 0.0213. The van der Waals surface area contributed by atoms with Crippen LogP contribution in [0.25, 0.3) is 0 Å². The molecule has 0 amide bonds. The zero-order valence-corrected chi connectivity index (χ0v) is 58.1. The fraction of sp³-hybridized carbons (Fsp3) is 0.222. The van der Waals surface area contributed by atoms with Crippen molar-refractivity contribution in [3.05, 3.63) is 395 Å². The highest BCUT2D eigenvalue weighted by Crippen LogP contribution is 2.43. The Morgan fingerprint density at radius 1 is 0.314 bits per heavy atom. The normalized spacial score (nSPS) is 20.1. The van der Waals surface area contributed by atoms with Crippen LogP contribution in [0.3, 0.4) is 0 Å². The van der Waals surface area contributed by atoms with E-state index >= 15 is 0 Å². The highest BCUT2D eigenvalue weighted by molar-refractivity contribution is 5.90. The number of rotatable bonds is 34. The maximum atomic E-state index is 14.7. The monoisotopic (exact) mass is 1400 g/mol. The van der Waals surface area contributed by atoms with Crippen molar-refractivity contribution in [3.8, 4) is 11.5 Å². The molecule has 15 nitrogen and oxygen atoms in total. The summed E-state index contributed by atoms with van der Waals surface area (Å²) in [5.74, 6) is -0.464. The second kappa shape index (κ2) is 37.2. The number of carbonyl (C=O) groups is 2. The molecule has 2 heterocycles. The smallest absolute Gasteiger partial charge is 0.338 e. The average Bonchev–Trinajstić information content (AvgIpc) is 0.756. The summed E-state index contributed by atoms with van der Waals surface area (Å²) in [6, 6.07) is 103. The molecule has 534 valence electrons. The summed E-state index contributed by atoms with van der Waals surface area (Å²) in [7, 11) is 0. The minimum Gasteiger partial charge on any atom is -0.462 e. The van der Waals surface area contributed by atoms with Crippen LogP contribution in [-0.4, -0.2) is 93.2 Å². The van der Waals surface area contributed by atoms with Crippen molar-refractivity contribution < 1.29 is 71.2 Å². The minimum atomic E-state index is -1.17. The van der Waals surface area contributed by atoms with Crippen LogP contribution in [0.2, 0.25) is 0 Å². The van der Waals surface area contributed by atoms with E-state index in [0.29, 0.717) is 17.1 Å². The van der Waals surface area contributed by atoms with Gasteiger partial charge in [-0.1, -0.05) is 286 Å². The fourth-order valence-corrected chi connectivity index (χ4v) is 13.0. The number of carbonyl (C=O) groups excluding carboxylic acids is 2. The number of hydrogen-bond donors (Lipinski definition) is 0. The molecule has 10 atom stereocenters. The third-order valence-electron chi connectivity index (χ3n) is 18.3. The Balaban J connectivity index is 0.817. The van der Waals surface area contributed by atoms with E-state index in [1.807, 2.05) is 237 Å². The second-order valence-electron chi connectivity index (χ2n) is 25.5. The SMILES string of the molecule is C=CCOC(=O)c1ccc(O[C@@H]2O[C@H](COC(=O)c3ccc(O[C@@H]4O[C@H](COC(c5ccccc5)(c5ccccc5)c5ccccc5)[C@@H](OCc5ccccc5)[C@H](OCc5ccccc5)[C@H]4OCc4ccccc4)cc3)[C@@H](OCc3ccccc3)[C@H](OCc3ccccc3)[C@H]2OCc2ccccc2)cc1. The van der Waals surface area contributed by atoms with Crippen molar-refractivity contribution >= 4 is 11.9 Å². The molecule has 0 aromatic heterocycles. The van der Waals surface area contributed by atoms with Gasteiger partial charge in [0.2, 0.25) is 12.6 Å². The Hall–Kier alpha value is -10.7. The first-order valence-corrected chi connectivity index (χ1v) is 35.4. The third-order valence-corrected chi connectivity index (χ3v) is 18.3. The van der Waals surface area contributed by atoms with E-state index < -0.39 is 79.0 Å². The largest absolute Gasteiger partial charge is 0.462 e. The number of benzene rings is 11. The fourth-order valence-electron chi connectivity index (χ4n) is 13.0. The number of hydrogen-bond acceptors (Lipinski definition) is 15. The molecule has 2 aliphatic rings. The molecular formula is C90H84O15. The van der Waals surface area contributed by atoms with Crippen LogP contribution in [-0.2, 0) is 97.3 Å². The molecular weight excluding hydrogens is 1320 g/mol. The lowest BCUT2D eigenvalue weighted by atomic mass is 9.80. The Morgan fingerprint density at radius 2 is 0.581 bits per heavy atom. The highest BCUT2D eigenvalue weighted by Gasteiger charge is 2.53. The van der Waals surface area contributed by atoms with E-state index in [0.717, 1.165) is 50.1 Å². The van der Waals surface area contributed by atoms with Crippen molar-refractivity contribution in [3.63, 3.8) is 0 Å². The summed E-state index contributed by atoms with van der Waals surface area (Å²) < 4.78 is 89.4. The summed E-state index contributed by atoms with van der Waals surface area (Å²) in [6.07, 6.45) is -7.98. The summed E-state index contributed by atoms with van der Waals surface area (Å²) >= 11 is 0. The van der Waals surface area contributed by atoms with Gasteiger partial charge in [0.1, 0.15) is 79.1 Å². The molecule has 2 aliphatic heterocycles. The summed E-state index contributed by atoms with van der Waals surface area (Å²) in [4.78, 5) is 27.6. The van der Waals surface area contributed by atoms with Crippen molar-refractivity contribution in [2.45, 2.75) is 107 Å². The number of esters is 2. The van der Waals surface area contributed by atoms with E-state index in [2.05, 4.69) is 43.0 Å².